The Hall–Kier alpha value is -2.70. The number of nitro benzene ring substituents is 1. The van der Waals surface area contributed by atoms with E-state index in [-0.39, 0.29) is 34.0 Å². The van der Waals surface area contributed by atoms with Crippen LogP contribution in [0, 0.1) is 10.1 Å². The first-order valence-electron chi connectivity index (χ1n) is 7.53. The van der Waals surface area contributed by atoms with Gasteiger partial charge in [0.25, 0.3) is 5.69 Å². The number of phenolic OH excluding ortho intramolecular Hbond substituents is 1. The Labute approximate surface area is 132 Å². The predicted octanol–water partition coefficient (Wildman–Crippen LogP) is 3.34. The third-order valence-electron chi connectivity index (χ3n) is 4.06. The summed E-state index contributed by atoms with van der Waals surface area (Å²) < 4.78 is 5.45. The fraction of sp³-hybridized carbons (Fsp3) is 0.375. The van der Waals surface area contributed by atoms with Crippen LogP contribution in [-0.4, -0.2) is 27.1 Å². The molecule has 0 atom stereocenters. The van der Waals surface area contributed by atoms with E-state index in [1.807, 2.05) is 0 Å². The van der Waals surface area contributed by atoms with E-state index >= 15 is 0 Å². The zero-order chi connectivity index (χ0) is 16.4. The third-order valence-corrected chi connectivity index (χ3v) is 4.06. The number of hydrogen-bond donors (Lipinski definition) is 1. The van der Waals surface area contributed by atoms with Gasteiger partial charge in [-0.3, -0.25) is 15.1 Å². The monoisotopic (exact) mass is 316 g/mol. The Kier molecular flexibility index (Phi) is 4.10. The number of nitrogens with zero attached hydrogens (tertiary/aromatic N) is 2. The molecule has 0 unspecified atom stereocenters. The van der Waals surface area contributed by atoms with Crippen LogP contribution in [-0.2, 0) is 4.74 Å². The van der Waals surface area contributed by atoms with Crippen LogP contribution in [0.2, 0.25) is 0 Å². The van der Waals surface area contributed by atoms with Gasteiger partial charge in [-0.25, -0.2) is 4.79 Å². The summed E-state index contributed by atoms with van der Waals surface area (Å²) in [6.45, 7) is 0. The molecule has 0 radical (unpaired) electrons. The lowest BCUT2D eigenvalue weighted by Crippen LogP contribution is -2.21. The predicted molar refractivity (Wildman–Crippen MR) is 82.4 cm³/mol. The van der Waals surface area contributed by atoms with Crippen molar-refractivity contribution < 1.29 is 19.6 Å². The van der Waals surface area contributed by atoms with Crippen molar-refractivity contribution in [2.45, 2.75) is 38.2 Å². The van der Waals surface area contributed by atoms with E-state index in [1.54, 1.807) is 0 Å². The van der Waals surface area contributed by atoms with Crippen molar-refractivity contribution in [3.05, 3.63) is 40.1 Å². The maximum absolute atomic E-state index is 12.2. The van der Waals surface area contributed by atoms with Gasteiger partial charge in [-0.15, -0.1) is 0 Å². The van der Waals surface area contributed by atoms with E-state index < -0.39 is 10.9 Å². The van der Waals surface area contributed by atoms with Gasteiger partial charge in [0.2, 0.25) is 0 Å². The van der Waals surface area contributed by atoms with Gasteiger partial charge in [0.1, 0.15) is 17.4 Å². The SMILES string of the molecule is O=C(OC1CCCCC1)c1cnc2c(O)ccc([N+](=O)[O-])c2c1. The van der Waals surface area contributed by atoms with Crippen LogP contribution in [0.1, 0.15) is 42.5 Å². The fourth-order valence-corrected chi connectivity index (χ4v) is 2.86. The van der Waals surface area contributed by atoms with Crippen LogP contribution in [0.25, 0.3) is 10.9 Å². The van der Waals surface area contributed by atoms with E-state index in [1.165, 1.54) is 24.4 Å². The molecule has 1 saturated carbocycles. The molecule has 7 nitrogen and oxygen atoms in total. The molecule has 0 bridgehead atoms. The van der Waals surface area contributed by atoms with Crippen molar-refractivity contribution in [3.63, 3.8) is 0 Å². The molecule has 7 heteroatoms. The number of hydrogen-bond acceptors (Lipinski definition) is 6. The topological polar surface area (TPSA) is 103 Å². The van der Waals surface area contributed by atoms with Gasteiger partial charge in [-0.1, -0.05) is 6.42 Å². The van der Waals surface area contributed by atoms with Gasteiger partial charge in [0.15, 0.2) is 0 Å². The summed E-state index contributed by atoms with van der Waals surface area (Å²) in [5.74, 6) is -0.707. The van der Waals surface area contributed by atoms with E-state index in [9.17, 15) is 20.0 Å². The number of phenols is 1. The molecule has 0 spiro atoms. The second kappa shape index (κ2) is 6.20. The lowest BCUT2D eigenvalue weighted by atomic mass is 9.98. The number of carbonyl (C=O) groups is 1. The molecule has 1 heterocycles. The highest BCUT2D eigenvalue weighted by Gasteiger charge is 2.21. The summed E-state index contributed by atoms with van der Waals surface area (Å²) >= 11 is 0. The molecule has 3 rings (SSSR count). The minimum absolute atomic E-state index is 0.0911. The lowest BCUT2D eigenvalue weighted by Gasteiger charge is -2.21. The number of ether oxygens (including phenoxy) is 1. The zero-order valence-electron chi connectivity index (χ0n) is 12.4. The van der Waals surface area contributed by atoms with E-state index in [4.69, 9.17) is 4.74 Å². The van der Waals surface area contributed by atoms with Crippen molar-refractivity contribution >= 4 is 22.6 Å². The normalized spacial score (nSPS) is 15.5. The minimum atomic E-state index is -0.570. The molecule has 1 N–H and O–H groups in total. The molecule has 1 aromatic carbocycles. The first-order chi connectivity index (χ1) is 11.1. The molecule has 120 valence electrons. The zero-order valence-corrected chi connectivity index (χ0v) is 12.4. The summed E-state index contributed by atoms with van der Waals surface area (Å²) in [4.78, 5) is 26.7. The Balaban J connectivity index is 1.93. The average molecular weight is 316 g/mol. The third kappa shape index (κ3) is 3.08. The summed E-state index contributed by atoms with van der Waals surface area (Å²) in [6.07, 6.45) is 6.07. The molecular formula is C16H16N2O5. The van der Waals surface area contributed by atoms with Crippen LogP contribution in [0.3, 0.4) is 0 Å². The minimum Gasteiger partial charge on any atom is -0.506 e. The van der Waals surface area contributed by atoms with Gasteiger partial charge < -0.3 is 9.84 Å². The highest BCUT2D eigenvalue weighted by Crippen LogP contribution is 2.31. The Morgan fingerprint density at radius 1 is 1.30 bits per heavy atom. The number of pyridine rings is 1. The van der Waals surface area contributed by atoms with Crippen molar-refractivity contribution in [2.24, 2.45) is 0 Å². The standard InChI is InChI=1S/C16H16N2O5/c19-14-7-6-13(18(21)22)12-8-10(9-17-15(12)14)16(20)23-11-4-2-1-3-5-11/h6-9,11,19H,1-5H2. The van der Waals surface area contributed by atoms with Gasteiger partial charge in [0, 0.05) is 12.3 Å². The molecule has 2 aromatic rings. The lowest BCUT2D eigenvalue weighted by molar-refractivity contribution is -0.383. The quantitative estimate of drug-likeness (QED) is 0.529. The summed E-state index contributed by atoms with van der Waals surface area (Å²) in [5, 5.41) is 21.0. The van der Waals surface area contributed by atoms with Crippen LogP contribution >= 0.6 is 0 Å². The van der Waals surface area contributed by atoms with Crippen LogP contribution < -0.4 is 0 Å². The molecule has 0 amide bonds. The number of benzene rings is 1. The largest absolute Gasteiger partial charge is 0.506 e. The average Bonchev–Trinajstić information content (AvgIpc) is 2.55. The number of fused-ring (bicyclic) bond motifs is 1. The van der Waals surface area contributed by atoms with Crippen LogP contribution in [0.15, 0.2) is 24.4 Å². The Bertz CT molecular complexity index is 768. The van der Waals surface area contributed by atoms with Gasteiger partial charge in [-0.05, 0) is 37.8 Å². The number of aromatic hydroxyl groups is 1. The van der Waals surface area contributed by atoms with Gasteiger partial charge in [-0.2, -0.15) is 0 Å². The van der Waals surface area contributed by atoms with Crippen LogP contribution in [0.5, 0.6) is 5.75 Å². The molecule has 0 aliphatic heterocycles. The maximum atomic E-state index is 12.2. The van der Waals surface area contributed by atoms with E-state index in [0.717, 1.165) is 32.1 Å². The van der Waals surface area contributed by atoms with Crippen molar-refractivity contribution in [1.29, 1.82) is 0 Å². The molecular weight excluding hydrogens is 300 g/mol. The molecule has 1 aliphatic rings. The molecule has 0 saturated heterocycles. The first-order valence-corrected chi connectivity index (χ1v) is 7.53. The van der Waals surface area contributed by atoms with Crippen molar-refractivity contribution in [2.75, 3.05) is 0 Å². The van der Waals surface area contributed by atoms with Gasteiger partial charge in [0.05, 0.1) is 15.9 Å². The molecule has 23 heavy (non-hydrogen) atoms. The second-order valence-corrected chi connectivity index (χ2v) is 5.65. The summed E-state index contributed by atoms with van der Waals surface area (Å²) in [5.41, 5.74) is 0.0304. The Morgan fingerprint density at radius 3 is 2.74 bits per heavy atom. The van der Waals surface area contributed by atoms with Crippen LogP contribution in [0.4, 0.5) is 5.69 Å². The van der Waals surface area contributed by atoms with Crippen molar-refractivity contribution in [1.82, 2.24) is 4.98 Å². The molecule has 1 aliphatic carbocycles. The second-order valence-electron chi connectivity index (χ2n) is 5.65. The van der Waals surface area contributed by atoms with Gasteiger partial charge >= 0.3 is 5.97 Å². The Morgan fingerprint density at radius 2 is 2.04 bits per heavy atom. The summed E-state index contributed by atoms with van der Waals surface area (Å²) in [6, 6.07) is 3.76. The number of nitro groups is 1. The first kappa shape index (κ1) is 15.2. The molecule has 1 aromatic heterocycles. The summed E-state index contributed by atoms with van der Waals surface area (Å²) in [7, 11) is 0. The van der Waals surface area contributed by atoms with E-state index in [2.05, 4.69) is 4.98 Å². The number of esters is 1. The molecule has 1 fully saturated rings. The number of carbonyl (C=O) groups excluding carboxylic acids is 1. The number of non-ortho nitro benzene ring substituents is 1. The fourth-order valence-electron chi connectivity index (χ4n) is 2.86. The highest BCUT2D eigenvalue weighted by atomic mass is 16.6. The highest BCUT2D eigenvalue weighted by molar-refractivity contribution is 5.98. The number of aromatic nitrogens is 1. The maximum Gasteiger partial charge on any atom is 0.340 e. The van der Waals surface area contributed by atoms with Crippen molar-refractivity contribution in [3.8, 4) is 5.75 Å². The smallest absolute Gasteiger partial charge is 0.340 e. The van der Waals surface area contributed by atoms with E-state index in [0.29, 0.717) is 0 Å². The number of rotatable bonds is 3.